The Morgan fingerprint density at radius 3 is 2.82 bits per heavy atom. The number of rotatable bonds is 2. The number of fused-ring (bicyclic) bond motifs is 1. The zero-order valence-corrected chi connectivity index (χ0v) is 9.86. The molecule has 17 heavy (non-hydrogen) atoms. The zero-order valence-electron chi connectivity index (χ0n) is 9.86. The average molecular weight is 225 g/mol. The number of methoxy groups -OCH3 is 1. The standard InChI is InChI=1S/C15H15NO/c1-17-13-6-2-4-11(8-13)14-7-3-5-12-9-16-10-15(12)14/h2-8,16H,9-10H2,1H3. The van der Waals surface area contributed by atoms with E-state index in [9.17, 15) is 0 Å². The van der Waals surface area contributed by atoms with Gasteiger partial charge in [-0.3, -0.25) is 0 Å². The molecule has 0 atom stereocenters. The van der Waals surface area contributed by atoms with Gasteiger partial charge in [-0.15, -0.1) is 0 Å². The normalized spacial score (nSPS) is 13.5. The Morgan fingerprint density at radius 2 is 1.94 bits per heavy atom. The summed E-state index contributed by atoms with van der Waals surface area (Å²) < 4.78 is 5.28. The summed E-state index contributed by atoms with van der Waals surface area (Å²) >= 11 is 0. The molecule has 0 fully saturated rings. The van der Waals surface area contributed by atoms with Crippen LogP contribution in [0.15, 0.2) is 42.5 Å². The fourth-order valence-corrected chi connectivity index (χ4v) is 2.39. The number of nitrogens with one attached hydrogen (secondary N) is 1. The van der Waals surface area contributed by atoms with Crippen molar-refractivity contribution in [3.8, 4) is 16.9 Å². The smallest absolute Gasteiger partial charge is 0.119 e. The first-order valence-electron chi connectivity index (χ1n) is 5.84. The minimum absolute atomic E-state index is 0.908. The molecule has 3 rings (SSSR count). The SMILES string of the molecule is COc1cccc(-c2cccc3c2CNC3)c1. The van der Waals surface area contributed by atoms with Crippen LogP contribution in [0.4, 0.5) is 0 Å². The largest absolute Gasteiger partial charge is 0.497 e. The molecule has 2 aromatic carbocycles. The molecular formula is C15H15NO. The van der Waals surface area contributed by atoms with Crippen molar-refractivity contribution in [3.05, 3.63) is 53.6 Å². The lowest BCUT2D eigenvalue weighted by atomic mass is 9.97. The first-order chi connectivity index (χ1) is 8.38. The number of benzene rings is 2. The van der Waals surface area contributed by atoms with Crippen molar-refractivity contribution in [1.29, 1.82) is 0 Å². The summed E-state index contributed by atoms with van der Waals surface area (Å²) in [7, 11) is 1.70. The van der Waals surface area contributed by atoms with Gasteiger partial charge >= 0.3 is 0 Å². The number of ether oxygens (including phenoxy) is 1. The Labute approximate surface area is 101 Å². The van der Waals surface area contributed by atoms with Gasteiger partial charge in [0, 0.05) is 13.1 Å². The average Bonchev–Trinajstić information content (AvgIpc) is 2.87. The molecule has 0 spiro atoms. The van der Waals surface area contributed by atoms with Gasteiger partial charge in [-0.05, 0) is 34.4 Å². The maximum absolute atomic E-state index is 5.28. The summed E-state index contributed by atoms with van der Waals surface area (Å²) in [5.41, 5.74) is 5.36. The number of hydrogen-bond donors (Lipinski definition) is 1. The van der Waals surface area contributed by atoms with Crippen molar-refractivity contribution in [2.45, 2.75) is 13.1 Å². The first kappa shape index (κ1) is 10.4. The van der Waals surface area contributed by atoms with Crippen molar-refractivity contribution in [1.82, 2.24) is 5.32 Å². The molecule has 0 unspecified atom stereocenters. The lowest BCUT2D eigenvalue weighted by Gasteiger charge is -2.09. The van der Waals surface area contributed by atoms with Crippen LogP contribution in [0, 0.1) is 0 Å². The highest BCUT2D eigenvalue weighted by molar-refractivity contribution is 5.70. The summed E-state index contributed by atoms with van der Waals surface area (Å²) in [4.78, 5) is 0. The molecule has 1 heterocycles. The number of hydrogen-bond acceptors (Lipinski definition) is 2. The van der Waals surface area contributed by atoms with Crippen molar-refractivity contribution >= 4 is 0 Å². The van der Waals surface area contributed by atoms with Gasteiger partial charge in [0.15, 0.2) is 0 Å². The highest BCUT2D eigenvalue weighted by Gasteiger charge is 2.14. The molecule has 1 aliphatic heterocycles. The highest BCUT2D eigenvalue weighted by Crippen LogP contribution is 2.30. The summed E-state index contributed by atoms with van der Waals surface area (Å²) in [6.07, 6.45) is 0. The second kappa shape index (κ2) is 4.22. The van der Waals surface area contributed by atoms with Crippen LogP contribution in [-0.4, -0.2) is 7.11 Å². The van der Waals surface area contributed by atoms with Gasteiger partial charge in [0.1, 0.15) is 5.75 Å². The van der Waals surface area contributed by atoms with Crippen LogP contribution in [-0.2, 0) is 13.1 Å². The molecule has 2 aromatic rings. The maximum Gasteiger partial charge on any atom is 0.119 e. The van der Waals surface area contributed by atoms with E-state index in [2.05, 4.69) is 35.6 Å². The predicted octanol–water partition coefficient (Wildman–Crippen LogP) is 2.97. The molecule has 0 saturated heterocycles. The van der Waals surface area contributed by atoms with Crippen LogP contribution in [0.25, 0.3) is 11.1 Å². The van der Waals surface area contributed by atoms with Crippen LogP contribution in [0.3, 0.4) is 0 Å². The van der Waals surface area contributed by atoms with Crippen molar-refractivity contribution in [3.63, 3.8) is 0 Å². The van der Waals surface area contributed by atoms with Gasteiger partial charge in [-0.2, -0.15) is 0 Å². The first-order valence-corrected chi connectivity index (χ1v) is 5.84. The third-order valence-corrected chi connectivity index (χ3v) is 3.27. The van der Waals surface area contributed by atoms with E-state index in [1.165, 1.54) is 22.3 Å². The molecule has 2 nitrogen and oxygen atoms in total. The fourth-order valence-electron chi connectivity index (χ4n) is 2.39. The third kappa shape index (κ3) is 1.81. The van der Waals surface area contributed by atoms with E-state index in [4.69, 9.17) is 4.74 Å². The van der Waals surface area contributed by atoms with E-state index < -0.39 is 0 Å². The molecule has 1 aliphatic rings. The van der Waals surface area contributed by atoms with Crippen LogP contribution in [0.1, 0.15) is 11.1 Å². The van der Waals surface area contributed by atoms with Gasteiger partial charge in [-0.25, -0.2) is 0 Å². The van der Waals surface area contributed by atoms with E-state index >= 15 is 0 Å². The van der Waals surface area contributed by atoms with E-state index in [1.54, 1.807) is 7.11 Å². The molecule has 86 valence electrons. The van der Waals surface area contributed by atoms with Crippen LogP contribution < -0.4 is 10.1 Å². The minimum atomic E-state index is 0.908. The highest BCUT2D eigenvalue weighted by atomic mass is 16.5. The van der Waals surface area contributed by atoms with Crippen molar-refractivity contribution in [2.24, 2.45) is 0 Å². The molecule has 0 radical (unpaired) electrons. The molecule has 0 aromatic heterocycles. The summed E-state index contributed by atoms with van der Waals surface area (Å²) in [6, 6.07) is 14.7. The van der Waals surface area contributed by atoms with Gasteiger partial charge in [0.2, 0.25) is 0 Å². The Bertz CT molecular complexity index is 548. The van der Waals surface area contributed by atoms with E-state index in [0.29, 0.717) is 0 Å². The lowest BCUT2D eigenvalue weighted by Crippen LogP contribution is -2.00. The van der Waals surface area contributed by atoms with Crippen LogP contribution in [0.2, 0.25) is 0 Å². The Morgan fingerprint density at radius 1 is 1.06 bits per heavy atom. The molecular weight excluding hydrogens is 210 g/mol. The van der Waals surface area contributed by atoms with Gasteiger partial charge < -0.3 is 10.1 Å². The van der Waals surface area contributed by atoms with Crippen molar-refractivity contribution < 1.29 is 4.74 Å². The second-order valence-corrected chi connectivity index (χ2v) is 4.28. The lowest BCUT2D eigenvalue weighted by molar-refractivity contribution is 0.415. The Hall–Kier alpha value is -1.80. The fraction of sp³-hybridized carbons (Fsp3) is 0.200. The van der Waals surface area contributed by atoms with E-state index in [-0.39, 0.29) is 0 Å². The predicted molar refractivity (Wildman–Crippen MR) is 69.0 cm³/mol. The van der Waals surface area contributed by atoms with Gasteiger partial charge in [-0.1, -0.05) is 30.3 Å². The molecule has 0 amide bonds. The van der Waals surface area contributed by atoms with Crippen LogP contribution >= 0.6 is 0 Å². The molecule has 0 saturated carbocycles. The zero-order chi connectivity index (χ0) is 11.7. The molecule has 0 aliphatic carbocycles. The van der Waals surface area contributed by atoms with Gasteiger partial charge in [0.05, 0.1) is 7.11 Å². The van der Waals surface area contributed by atoms with Crippen molar-refractivity contribution in [2.75, 3.05) is 7.11 Å². The Balaban J connectivity index is 2.12. The summed E-state index contributed by atoms with van der Waals surface area (Å²) in [5, 5.41) is 3.40. The summed E-state index contributed by atoms with van der Waals surface area (Å²) in [6.45, 7) is 1.94. The Kier molecular flexibility index (Phi) is 2.57. The topological polar surface area (TPSA) is 21.3 Å². The molecule has 1 N–H and O–H groups in total. The van der Waals surface area contributed by atoms with E-state index in [1.807, 2.05) is 12.1 Å². The summed E-state index contributed by atoms with van der Waals surface area (Å²) in [5.74, 6) is 0.908. The van der Waals surface area contributed by atoms with Gasteiger partial charge in [0.25, 0.3) is 0 Å². The van der Waals surface area contributed by atoms with E-state index in [0.717, 1.165) is 18.8 Å². The minimum Gasteiger partial charge on any atom is -0.497 e. The quantitative estimate of drug-likeness (QED) is 0.848. The maximum atomic E-state index is 5.28. The van der Waals surface area contributed by atoms with Crippen LogP contribution in [0.5, 0.6) is 5.75 Å². The third-order valence-electron chi connectivity index (χ3n) is 3.27. The molecule has 2 heteroatoms. The molecule has 0 bridgehead atoms. The monoisotopic (exact) mass is 225 g/mol. The second-order valence-electron chi connectivity index (χ2n) is 4.28.